The zero-order valence-corrected chi connectivity index (χ0v) is 14.7. The summed E-state index contributed by atoms with van der Waals surface area (Å²) in [6.45, 7) is 4.45. The van der Waals surface area contributed by atoms with Gasteiger partial charge in [0.15, 0.2) is 6.29 Å². The van der Waals surface area contributed by atoms with Crippen molar-refractivity contribution in [1.82, 2.24) is 0 Å². The molecule has 0 bridgehead atoms. The van der Waals surface area contributed by atoms with Gasteiger partial charge in [-0.05, 0) is 36.3 Å². The van der Waals surface area contributed by atoms with Crippen LogP contribution in [0.2, 0.25) is 0 Å². The molecule has 0 N–H and O–H groups in total. The summed E-state index contributed by atoms with van der Waals surface area (Å²) in [5, 5.41) is 0. The highest BCUT2D eigenvalue weighted by molar-refractivity contribution is 5.15. The van der Waals surface area contributed by atoms with Crippen LogP contribution in [-0.2, 0) is 22.3 Å². The molecule has 0 radical (unpaired) electrons. The van der Waals surface area contributed by atoms with Crippen molar-refractivity contribution in [2.75, 3.05) is 0 Å². The van der Waals surface area contributed by atoms with Crippen molar-refractivity contribution in [3.8, 4) is 0 Å². The van der Waals surface area contributed by atoms with Crippen LogP contribution in [-0.4, -0.2) is 18.5 Å². The fourth-order valence-electron chi connectivity index (χ4n) is 3.40. The van der Waals surface area contributed by atoms with Gasteiger partial charge < -0.3 is 9.47 Å². The lowest BCUT2D eigenvalue weighted by molar-refractivity contribution is -0.0746. The van der Waals surface area contributed by atoms with Crippen molar-refractivity contribution in [3.63, 3.8) is 0 Å². The van der Waals surface area contributed by atoms with E-state index in [9.17, 15) is 0 Å². The molecule has 1 saturated heterocycles. The molecule has 0 unspecified atom stereocenters. The first-order valence-corrected chi connectivity index (χ1v) is 9.11. The van der Waals surface area contributed by atoms with Crippen LogP contribution in [0.25, 0.3) is 0 Å². The molecule has 2 aromatic rings. The Balaban J connectivity index is 1.53. The fraction of sp³-hybridized carbons (Fsp3) is 0.455. The average Bonchev–Trinajstić information content (AvgIpc) is 3.04. The second-order valence-electron chi connectivity index (χ2n) is 7.00. The molecule has 2 aromatic carbocycles. The lowest BCUT2D eigenvalue weighted by Crippen LogP contribution is -2.28. The molecule has 1 aliphatic heterocycles. The number of benzene rings is 2. The van der Waals surface area contributed by atoms with Crippen LogP contribution >= 0.6 is 0 Å². The van der Waals surface area contributed by atoms with E-state index in [0.717, 1.165) is 25.7 Å². The third-order valence-corrected chi connectivity index (χ3v) is 4.73. The molecule has 2 nitrogen and oxygen atoms in total. The van der Waals surface area contributed by atoms with Crippen molar-refractivity contribution in [2.45, 2.75) is 58.0 Å². The maximum absolute atomic E-state index is 6.26. The Morgan fingerprint density at radius 3 is 1.83 bits per heavy atom. The van der Waals surface area contributed by atoms with Crippen molar-refractivity contribution in [3.05, 3.63) is 71.8 Å². The SMILES string of the molecule is CC(C)[C@@H]1O[C@H](CCc2ccccc2)O[C@H]1CCc1ccccc1. The summed E-state index contributed by atoms with van der Waals surface area (Å²) in [4.78, 5) is 0. The summed E-state index contributed by atoms with van der Waals surface area (Å²) in [7, 11) is 0. The number of hydrogen-bond donors (Lipinski definition) is 0. The highest BCUT2D eigenvalue weighted by atomic mass is 16.7. The Labute approximate surface area is 145 Å². The van der Waals surface area contributed by atoms with E-state index >= 15 is 0 Å². The van der Waals surface area contributed by atoms with Gasteiger partial charge in [0.1, 0.15) is 0 Å². The molecule has 3 atom stereocenters. The molecule has 0 aliphatic carbocycles. The number of rotatable bonds is 7. The molecule has 3 rings (SSSR count). The average molecular weight is 324 g/mol. The molecular formula is C22H28O2. The van der Waals surface area contributed by atoms with Crippen LogP contribution in [0.1, 0.15) is 37.8 Å². The molecule has 2 heteroatoms. The second-order valence-corrected chi connectivity index (χ2v) is 7.00. The summed E-state index contributed by atoms with van der Waals surface area (Å²) < 4.78 is 12.5. The van der Waals surface area contributed by atoms with Crippen LogP contribution in [0, 0.1) is 5.92 Å². The van der Waals surface area contributed by atoms with Gasteiger partial charge in [-0.3, -0.25) is 0 Å². The maximum Gasteiger partial charge on any atom is 0.158 e. The fourth-order valence-corrected chi connectivity index (χ4v) is 3.40. The van der Waals surface area contributed by atoms with Crippen LogP contribution in [0.15, 0.2) is 60.7 Å². The zero-order valence-electron chi connectivity index (χ0n) is 14.7. The number of aryl methyl sites for hydroxylation is 2. The van der Waals surface area contributed by atoms with E-state index in [2.05, 4.69) is 74.5 Å². The topological polar surface area (TPSA) is 18.5 Å². The minimum Gasteiger partial charge on any atom is -0.347 e. The predicted octanol–water partition coefficient (Wildman–Crippen LogP) is 5.02. The standard InChI is InChI=1S/C22H28O2/c1-17(2)22-20(15-13-18-9-5-3-6-10-18)23-21(24-22)16-14-19-11-7-4-8-12-19/h3-12,17,20-22H,13-16H2,1-2H3/t20-,21+,22-/m0/s1. The third-order valence-electron chi connectivity index (χ3n) is 4.73. The van der Waals surface area contributed by atoms with E-state index in [-0.39, 0.29) is 18.5 Å². The van der Waals surface area contributed by atoms with Gasteiger partial charge >= 0.3 is 0 Å². The summed E-state index contributed by atoms with van der Waals surface area (Å²) in [6, 6.07) is 21.2. The molecule has 0 saturated carbocycles. The first-order valence-electron chi connectivity index (χ1n) is 9.11. The van der Waals surface area contributed by atoms with Crippen molar-refractivity contribution in [2.24, 2.45) is 5.92 Å². The van der Waals surface area contributed by atoms with Gasteiger partial charge in [-0.15, -0.1) is 0 Å². The summed E-state index contributed by atoms with van der Waals surface area (Å²) in [6.07, 6.45) is 4.33. The van der Waals surface area contributed by atoms with E-state index in [1.54, 1.807) is 0 Å². The quantitative estimate of drug-likeness (QED) is 0.712. The van der Waals surface area contributed by atoms with Crippen LogP contribution in [0.3, 0.4) is 0 Å². The van der Waals surface area contributed by atoms with Gasteiger partial charge in [-0.1, -0.05) is 74.5 Å². The Morgan fingerprint density at radius 1 is 0.750 bits per heavy atom. The number of hydrogen-bond acceptors (Lipinski definition) is 2. The maximum atomic E-state index is 6.26. The first-order chi connectivity index (χ1) is 11.7. The lowest BCUT2D eigenvalue weighted by atomic mass is 9.97. The molecule has 1 fully saturated rings. The smallest absolute Gasteiger partial charge is 0.158 e. The van der Waals surface area contributed by atoms with E-state index < -0.39 is 0 Å². The first kappa shape index (κ1) is 17.2. The molecule has 0 amide bonds. The largest absolute Gasteiger partial charge is 0.347 e. The highest BCUT2D eigenvalue weighted by Crippen LogP contribution is 2.30. The Hall–Kier alpha value is -1.64. The third kappa shape index (κ3) is 4.68. The lowest BCUT2D eigenvalue weighted by Gasteiger charge is -2.20. The normalized spacial score (nSPS) is 23.7. The molecule has 1 heterocycles. The molecule has 0 aromatic heterocycles. The summed E-state index contributed by atoms with van der Waals surface area (Å²) in [5.41, 5.74) is 2.72. The van der Waals surface area contributed by atoms with Gasteiger partial charge in [0.2, 0.25) is 0 Å². The van der Waals surface area contributed by atoms with Crippen LogP contribution in [0.5, 0.6) is 0 Å². The monoisotopic (exact) mass is 324 g/mol. The van der Waals surface area contributed by atoms with Crippen LogP contribution in [0.4, 0.5) is 0 Å². The van der Waals surface area contributed by atoms with E-state index in [0.29, 0.717) is 5.92 Å². The zero-order chi connectivity index (χ0) is 16.8. The van der Waals surface area contributed by atoms with Crippen LogP contribution < -0.4 is 0 Å². The molecule has 1 aliphatic rings. The van der Waals surface area contributed by atoms with Gasteiger partial charge in [-0.25, -0.2) is 0 Å². The van der Waals surface area contributed by atoms with Crippen molar-refractivity contribution >= 4 is 0 Å². The number of ether oxygens (including phenoxy) is 2. The van der Waals surface area contributed by atoms with E-state index in [1.165, 1.54) is 11.1 Å². The van der Waals surface area contributed by atoms with Gasteiger partial charge in [-0.2, -0.15) is 0 Å². The Bertz CT molecular complexity index is 594. The van der Waals surface area contributed by atoms with Gasteiger partial charge in [0.25, 0.3) is 0 Å². The molecule has 128 valence electrons. The molecule has 24 heavy (non-hydrogen) atoms. The van der Waals surface area contributed by atoms with Gasteiger partial charge in [0, 0.05) is 6.42 Å². The van der Waals surface area contributed by atoms with Crippen molar-refractivity contribution < 1.29 is 9.47 Å². The molecule has 0 spiro atoms. The highest BCUT2D eigenvalue weighted by Gasteiger charge is 2.37. The Kier molecular flexibility index (Phi) is 6.06. The minimum atomic E-state index is -0.0709. The Morgan fingerprint density at radius 2 is 1.29 bits per heavy atom. The predicted molar refractivity (Wildman–Crippen MR) is 97.9 cm³/mol. The minimum absolute atomic E-state index is 0.0709. The molecular weight excluding hydrogens is 296 g/mol. The van der Waals surface area contributed by atoms with Crippen molar-refractivity contribution in [1.29, 1.82) is 0 Å². The summed E-state index contributed by atoms with van der Waals surface area (Å²) >= 11 is 0. The van der Waals surface area contributed by atoms with E-state index in [4.69, 9.17) is 9.47 Å². The van der Waals surface area contributed by atoms with Gasteiger partial charge in [0.05, 0.1) is 12.2 Å². The van der Waals surface area contributed by atoms with E-state index in [1.807, 2.05) is 0 Å². The summed E-state index contributed by atoms with van der Waals surface area (Å²) in [5.74, 6) is 0.479. The second kappa shape index (κ2) is 8.46.